The molecule has 0 unspecified atom stereocenters. The molecule has 1 heterocycles. The van der Waals surface area contributed by atoms with Crippen molar-refractivity contribution >= 4 is 28.9 Å². The molecule has 1 aromatic heterocycles. The molecule has 0 saturated carbocycles. The van der Waals surface area contributed by atoms with Gasteiger partial charge in [0.1, 0.15) is 17.5 Å². The number of amides is 1. The third-order valence-electron chi connectivity index (χ3n) is 4.32. The van der Waals surface area contributed by atoms with Crippen LogP contribution in [0.15, 0.2) is 48.5 Å². The maximum absolute atomic E-state index is 12.5. The highest BCUT2D eigenvalue weighted by Gasteiger charge is 2.09. The highest BCUT2D eigenvalue weighted by Crippen LogP contribution is 2.21. The van der Waals surface area contributed by atoms with E-state index in [1.807, 2.05) is 88.3 Å². The van der Waals surface area contributed by atoms with Crippen molar-refractivity contribution in [2.75, 3.05) is 29.6 Å². The minimum Gasteiger partial charge on any atom is -0.363 e. The zero-order chi connectivity index (χ0) is 20.3. The molecule has 1 amide bonds. The van der Waals surface area contributed by atoms with Crippen molar-refractivity contribution in [1.29, 1.82) is 0 Å². The van der Waals surface area contributed by atoms with Gasteiger partial charge in [-0.2, -0.15) is 0 Å². The second-order valence-electron chi connectivity index (χ2n) is 7.03. The van der Waals surface area contributed by atoms with Crippen LogP contribution in [0.4, 0.5) is 23.0 Å². The number of nitrogens with zero attached hydrogens (tertiary/aromatic N) is 3. The number of hydrogen-bond donors (Lipinski definition) is 2. The molecule has 2 aromatic carbocycles. The molecule has 0 fully saturated rings. The van der Waals surface area contributed by atoms with Gasteiger partial charge < -0.3 is 15.5 Å². The summed E-state index contributed by atoms with van der Waals surface area (Å²) in [6.07, 6.45) is 0. The normalized spacial score (nSPS) is 10.5. The molecule has 0 bridgehead atoms. The quantitative estimate of drug-likeness (QED) is 0.689. The SMILES string of the molecule is Cc1ccc(C(=O)Nc2ccc(Nc3cc(N(C)C)nc(C)n3)cc2)c(C)c1. The maximum atomic E-state index is 12.5. The lowest BCUT2D eigenvalue weighted by Crippen LogP contribution is -2.13. The van der Waals surface area contributed by atoms with Gasteiger partial charge >= 0.3 is 0 Å². The van der Waals surface area contributed by atoms with E-state index in [4.69, 9.17) is 0 Å². The predicted octanol–water partition coefficient (Wildman–Crippen LogP) is 4.46. The van der Waals surface area contributed by atoms with Crippen LogP contribution in [-0.4, -0.2) is 30.0 Å². The molecule has 28 heavy (non-hydrogen) atoms. The van der Waals surface area contributed by atoms with Crippen LogP contribution in [0.3, 0.4) is 0 Å². The van der Waals surface area contributed by atoms with Crippen LogP contribution in [0.2, 0.25) is 0 Å². The summed E-state index contributed by atoms with van der Waals surface area (Å²) >= 11 is 0. The predicted molar refractivity (Wildman–Crippen MR) is 115 cm³/mol. The zero-order valence-corrected chi connectivity index (χ0v) is 16.9. The van der Waals surface area contributed by atoms with E-state index in [0.717, 1.165) is 34.1 Å². The first-order chi connectivity index (χ1) is 13.3. The van der Waals surface area contributed by atoms with Crippen LogP contribution < -0.4 is 15.5 Å². The lowest BCUT2D eigenvalue weighted by molar-refractivity contribution is 0.102. The molecule has 0 spiro atoms. The Bertz CT molecular complexity index is 996. The Balaban J connectivity index is 1.71. The molecule has 0 aliphatic rings. The van der Waals surface area contributed by atoms with Gasteiger partial charge in [-0.1, -0.05) is 17.7 Å². The monoisotopic (exact) mass is 375 g/mol. The molecule has 0 saturated heterocycles. The van der Waals surface area contributed by atoms with E-state index in [-0.39, 0.29) is 5.91 Å². The Hall–Kier alpha value is -3.41. The molecule has 6 nitrogen and oxygen atoms in total. The Kier molecular flexibility index (Phi) is 5.59. The van der Waals surface area contributed by atoms with Crippen molar-refractivity contribution in [1.82, 2.24) is 9.97 Å². The summed E-state index contributed by atoms with van der Waals surface area (Å²) in [5.41, 5.74) is 4.41. The standard InChI is InChI=1S/C22H25N5O/c1-14-6-11-19(15(2)12-14)22(28)26-18-9-7-17(8-10-18)25-20-13-21(27(4)5)24-16(3)23-20/h6-13H,1-5H3,(H,26,28)(H,23,24,25). The average Bonchev–Trinajstić information content (AvgIpc) is 2.62. The third-order valence-corrected chi connectivity index (χ3v) is 4.32. The van der Waals surface area contributed by atoms with Crippen molar-refractivity contribution in [2.24, 2.45) is 0 Å². The van der Waals surface area contributed by atoms with Gasteiger partial charge in [0, 0.05) is 37.1 Å². The number of benzene rings is 2. The fourth-order valence-corrected chi connectivity index (χ4v) is 2.90. The number of carbonyl (C=O) groups excluding carboxylic acids is 1. The van der Waals surface area contributed by atoms with Gasteiger partial charge in [0.05, 0.1) is 0 Å². The van der Waals surface area contributed by atoms with E-state index in [9.17, 15) is 4.79 Å². The molecular weight excluding hydrogens is 350 g/mol. The number of aromatic nitrogens is 2. The van der Waals surface area contributed by atoms with E-state index in [2.05, 4.69) is 20.6 Å². The molecule has 0 aliphatic carbocycles. The number of rotatable bonds is 5. The van der Waals surface area contributed by atoms with E-state index >= 15 is 0 Å². The van der Waals surface area contributed by atoms with Crippen LogP contribution in [0.5, 0.6) is 0 Å². The van der Waals surface area contributed by atoms with E-state index in [1.165, 1.54) is 0 Å². The summed E-state index contributed by atoms with van der Waals surface area (Å²) in [5.74, 6) is 2.15. The van der Waals surface area contributed by atoms with Gasteiger partial charge in [-0.05, 0) is 56.7 Å². The minimum absolute atomic E-state index is 0.111. The summed E-state index contributed by atoms with van der Waals surface area (Å²) in [6.45, 7) is 5.82. The Morgan fingerprint density at radius 1 is 0.893 bits per heavy atom. The second kappa shape index (κ2) is 8.08. The summed E-state index contributed by atoms with van der Waals surface area (Å²) in [5, 5.41) is 6.22. The lowest BCUT2D eigenvalue weighted by Gasteiger charge is -2.14. The first-order valence-electron chi connectivity index (χ1n) is 9.10. The van der Waals surface area contributed by atoms with Crippen LogP contribution >= 0.6 is 0 Å². The molecule has 6 heteroatoms. The minimum atomic E-state index is -0.111. The Morgan fingerprint density at radius 2 is 1.57 bits per heavy atom. The zero-order valence-electron chi connectivity index (χ0n) is 16.9. The van der Waals surface area contributed by atoms with Gasteiger partial charge in [-0.3, -0.25) is 4.79 Å². The second-order valence-corrected chi connectivity index (χ2v) is 7.03. The largest absolute Gasteiger partial charge is 0.363 e. The fraction of sp³-hybridized carbons (Fsp3) is 0.227. The molecule has 3 aromatic rings. The van der Waals surface area contributed by atoms with Gasteiger partial charge in [0.25, 0.3) is 5.91 Å². The van der Waals surface area contributed by atoms with Crippen molar-refractivity contribution in [3.63, 3.8) is 0 Å². The summed E-state index contributed by atoms with van der Waals surface area (Å²) < 4.78 is 0. The number of carbonyl (C=O) groups is 1. The van der Waals surface area contributed by atoms with Gasteiger partial charge in [-0.15, -0.1) is 0 Å². The molecule has 2 N–H and O–H groups in total. The van der Waals surface area contributed by atoms with Gasteiger partial charge in [0.15, 0.2) is 0 Å². The number of anilines is 4. The van der Waals surface area contributed by atoms with E-state index < -0.39 is 0 Å². The summed E-state index contributed by atoms with van der Waals surface area (Å²) in [7, 11) is 3.89. The first-order valence-corrected chi connectivity index (χ1v) is 9.10. The summed E-state index contributed by atoms with van der Waals surface area (Å²) in [6, 6.07) is 15.2. The van der Waals surface area contributed by atoms with Crippen LogP contribution in [0.1, 0.15) is 27.3 Å². The van der Waals surface area contributed by atoms with Crippen molar-refractivity contribution < 1.29 is 4.79 Å². The average molecular weight is 375 g/mol. The van der Waals surface area contributed by atoms with Crippen LogP contribution in [0.25, 0.3) is 0 Å². The summed E-state index contributed by atoms with van der Waals surface area (Å²) in [4.78, 5) is 23.3. The van der Waals surface area contributed by atoms with Crippen molar-refractivity contribution in [3.05, 3.63) is 71.0 Å². The number of aryl methyl sites for hydroxylation is 3. The Morgan fingerprint density at radius 3 is 2.21 bits per heavy atom. The fourth-order valence-electron chi connectivity index (χ4n) is 2.90. The number of hydrogen-bond acceptors (Lipinski definition) is 5. The molecular formula is C22H25N5O. The van der Waals surface area contributed by atoms with Crippen LogP contribution in [-0.2, 0) is 0 Å². The highest BCUT2D eigenvalue weighted by molar-refractivity contribution is 6.05. The molecule has 144 valence electrons. The van der Waals surface area contributed by atoms with Crippen LogP contribution in [0, 0.1) is 20.8 Å². The van der Waals surface area contributed by atoms with Gasteiger partial charge in [-0.25, -0.2) is 9.97 Å². The van der Waals surface area contributed by atoms with Gasteiger partial charge in [0.2, 0.25) is 0 Å². The molecule has 0 atom stereocenters. The number of nitrogens with one attached hydrogen (secondary N) is 2. The highest BCUT2D eigenvalue weighted by atomic mass is 16.1. The van der Waals surface area contributed by atoms with E-state index in [1.54, 1.807) is 0 Å². The molecule has 0 radical (unpaired) electrons. The van der Waals surface area contributed by atoms with E-state index in [0.29, 0.717) is 11.4 Å². The molecule has 3 rings (SSSR count). The third kappa shape index (κ3) is 4.65. The Labute approximate surface area is 165 Å². The molecule has 0 aliphatic heterocycles. The van der Waals surface area contributed by atoms with Crippen molar-refractivity contribution in [3.8, 4) is 0 Å². The smallest absolute Gasteiger partial charge is 0.255 e. The topological polar surface area (TPSA) is 70.2 Å². The van der Waals surface area contributed by atoms with Crippen molar-refractivity contribution in [2.45, 2.75) is 20.8 Å². The first kappa shape index (κ1) is 19.4. The lowest BCUT2D eigenvalue weighted by atomic mass is 10.1. The maximum Gasteiger partial charge on any atom is 0.255 e.